The van der Waals surface area contributed by atoms with E-state index in [1.165, 1.54) is 0 Å². The molecule has 1 amide bonds. The molecule has 2 aromatic rings. The molecule has 5 nitrogen and oxygen atoms in total. The number of carbonyl (C=O) groups excluding carboxylic acids is 1. The van der Waals surface area contributed by atoms with Crippen LogP contribution in [0.25, 0.3) is 5.52 Å². The number of hydrogen-bond acceptors (Lipinski definition) is 3. The highest BCUT2D eigenvalue weighted by Crippen LogP contribution is 2.12. The van der Waals surface area contributed by atoms with Crippen LogP contribution in [-0.4, -0.2) is 39.0 Å². The molecule has 2 aromatic heterocycles. The van der Waals surface area contributed by atoms with E-state index in [0.29, 0.717) is 23.5 Å². The summed E-state index contributed by atoms with van der Waals surface area (Å²) >= 11 is 4.80. The first kappa shape index (κ1) is 12.5. The van der Waals surface area contributed by atoms with Gasteiger partial charge in [0.15, 0.2) is 0 Å². The Bertz CT molecular complexity index is 593. The van der Waals surface area contributed by atoms with E-state index >= 15 is 0 Å². The zero-order chi connectivity index (χ0) is 13.1. The fourth-order valence-electron chi connectivity index (χ4n) is 1.68. The molecule has 0 fully saturated rings. The largest absolute Gasteiger partial charge is 0.393 e. The highest BCUT2D eigenvalue weighted by molar-refractivity contribution is 7.80. The summed E-state index contributed by atoms with van der Waals surface area (Å²) in [6.45, 7) is 0.512. The third-order valence-electron chi connectivity index (χ3n) is 2.70. The van der Waals surface area contributed by atoms with Gasteiger partial charge in [-0.25, -0.2) is 4.52 Å². The quantitative estimate of drug-likeness (QED) is 0.838. The lowest BCUT2D eigenvalue weighted by molar-refractivity contribution is 0.0801. The number of hydrogen-bond donors (Lipinski definition) is 1. The van der Waals surface area contributed by atoms with E-state index in [4.69, 9.17) is 18.0 Å². The highest BCUT2D eigenvalue weighted by atomic mass is 32.1. The van der Waals surface area contributed by atoms with Crippen LogP contribution in [0.3, 0.4) is 0 Å². The Morgan fingerprint density at radius 2 is 2.33 bits per heavy atom. The third kappa shape index (κ3) is 2.48. The predicted molar refractivity (Wildman–Crippen MR) is 73.6 cm³/mol. The van der Waals surface area contributed by atoms with Crippen molar-refractivity contribution in [3.63, 3.8) is 0 Å². The van der Waals surface area contributed by atoms with Gasteiger partial charge in [0, 0.05) is 26.2 Å². The molecule has 0 unspecified atom stereocenters. The Hall–Kier alpha value is -1.95. The van der Waals surface area contributed by atoms with Gasteiger partial charge in [0.1, 0.15) is 0 Å². The van der Waals surface area contributed by atoms with Crippen molar-refractivity contribution in [2.24, 2.45) is 5.73 Å². The van der Waals surface area contributed by atoms with Gasteiger partial charge in [-0.15, -0.1) is 0 Å². The number of aromatic nitrogens is 2. The van der Waals surface area contributed by atoms with Crippen molar-refractivity contribution >= 4 is 28.6 Å². The van der Waals surface area contributed by atoms with E-state index in [1.54, 1.807) is 28.9 Å². The van der Waals surface area contributed by atoms with E-state index in [9.17, 15) is 4.79 Å². The van der Waals surface area contributed by atoms with E-state index in [1.807, 2.05) is 18.2 Å². The first-order chi connectivity index (χ1) is 8.59. The monoisotopic (exact) mass is 262 g/mol. The maximum Gasteiger partial charge on any atom is 0.257 e. The number of pyridine rings is 1. The molecule has 0 atom stereocenters. The summed E-state index contributed by atoms with van der Waals surface area (Å²) in [6.07, 6.45) is 3.91. The maximum absolute atomic E-state index is 12.2. The summed E-state index contributed by atoms with van der Waals surface area (Å²) in [5.41, 5.74) is 6.81. The summed E-state index contributed by atoms with van der Waals surface area (Å²) in [7, 11) is 1.73. The first-order valence-corrected chi connectivity index (χ1v) is 5.96. The molecule has 0 aliphatic rings. The van der Waals surface area contributed by atoms with Gasteiger partial charge in [0.25, 0.3) is 5.91 Å². The molecule has 0 saturated carbocycles. The van der Waals surface area contributed by atoms with Gasteiger partial charge in [-0.05, 0) is 12.1 Å². The Balaban J connectivity index is 2.20. The smallest absolute Gasteiger partial charge is 0.257 e. The van der Waals surface area contributed by atoms with Gasteiger partial charge < -0.3 is 10.6 Å². The number of amides is 1. The van der Waals surface area contributed by atoms with Crippen LogP contribution in [0, 0.1) is 0 Å². The highest BCUT2D eigenvalue weighted by Gasteiger charge is 2.16. The standard InChI is InChI=1S/C12H14N4OS/c1-15(7-5-11(13)18)12(17)9-8-14-16-6-3-2-4-10(9)16/h2-4,6,8H,5,7H2,1H3,(H2,13,18). The molecule has 0 saturated heterocycles. The second kappa shape index (κ2) is 5.14. The number of carbonyl (C=O) groups is 1. The molecule has 0 aliphatic carbocycles. The summed E-state index contributed by atoms with van der Waals surface area (Å²) in [4.78, 5) is 14.2. The summed E-state index contributed by atoms with van der Waals surface area (Å²) in [5, 5.41) is 4.14. The molecule has 2 heterocycles. The van der Waals surface area contributed by atoms with Crippen molar-refractivity contribution < 1.29 is 4.79 Å². The van der Waals surface area contributed by atoms with Gasteiger partial charge in [-0.2, -0.15) is 5.10 Å². The second-order valence-electron chi connectivity index (χ2n) is 4.03. The minimum absolute atomic E-state index is 0.0764. The van der Waals surface area contributed by atoms with Gasteiger partial charge in [0.05, 0.1) is 22.3 Å². The number of nitrogens with two attached hydrogens (primary N) is 1. The van der Waals surface area contributed by atoms with Crippen LogP contribution in [0.4, 0.5) is 0 Å². The van der Waals surface area contributed by atoms with Crippen molar-refractivity contribution in [1.29, 1.82) is 0 Å². The van der Waals surface area contributed by atoms with Crippen molar-refractivity contribution in [2.45, 2.75) is 6.42 Å². The minimum atomic E-state index is -0.0764. The lowest BCUT2D eigenvalue weighted by atomic mass is 10.2. The zero-order valence-electron chi connectivity index (χ0n) is 10.0. The van der Waals surface area contributed by atoms with Gasteiger partial charge in [-0.3, -0.25) is 4.79 Å². The normalized spacial score (nSPS) is 10.5. The SMILES string of the molecule is CN(CCC(N)=S)C(=O)c1cnn2ccccc12. The number of thiocarbonyl (C=S) groups is 1. The molecule has 0 aliphatic heterocycles. The minimum Gasteiger partial charge on any atom is -0.393 e. The molecule has 94 valence electrons. The molecular weight excluding hydrogens is 248 g/mol. The van der Waals surface area contributed by atoms with Crippen molar-refractivity contribution in [3.05, 3.63) is 36.2 Å². The van der Waals surface area contributed by atoms with Crippen LogP contribution in [0.1, 0.15) is 16.8 Å². The fraction of sp³-hybridized carbons (Fsp3) is 0.250. The Morgan fingerprint density at radius 1 is 1.56 bits per heavy atom. The van der Waals surface area contributed by atoms with Gasteiger partial charge in [-0.1, -0.05) is 18.3 Å². The predicted octanol–water partition coefficient (Wildman–Crippen LogP) is 1.08. The Kier molecular flexibility index (Phi) is 3.57. The van der Waals surface area contributed by atoms with Crippen molar-refractivity contribution in [3.8, 4) is 0 Å². The lowest BCUT2D eigenvalue weighted by Crippen LogP contribution is -2.29. The Morgan fingerprint density at radius 3 is 3.06 bits per heavy atom. The van der Waals surface area contributed by atoms with E-state index in [0.717, 1.165) is 5.52 Å². The fourth-order valence-corrected chi connectivity index (χ4v) is 1.78. The van der Waals surface area contributed by atoms with E-state index in [-0.39, 0.29) is 5.91 Å². The molecule has 18 heavy (non-hydrogen) atoms. The van der Waals surface area contributed by atoms with Crippen molar-refractivity contribution in [2.75, 3.05) is 13.6 Å². The van der Waals surface area contributed by atoms with E-state index in [2.05, 4.69) is 5.10 Å². The molecule has 0 aromatic carbocycles. The summed E-state index contributed by atoms with van der Waals surface area (Å²) < 4.78 is 1.68. The topological polar surface area (TPSA) is 63.6 Å². The van der Waals surface area contributed by atoms with Gasteiger partial charge in [0.2, 0.25) is 0 Å². The molecule has 2 N–H and O–H groups in total. The average Bonchev–Trinajstić information content (AvgIpc) is 2.78. The molecule has 0 spiro atoms. The molecule has 0 radical (unpaired) electrons. The van der Waals surface area contributed by atoms with Crippen LogP contribution in [0.2, 0.25) is 0 Å². The van der Waals surface area contributed by atoms with Crippen LogP contribution in [-0.2, 0) is 0 Å². The molecule has 0 bridgehead atoms. The number of fused-ring (bicyclic) bond motifs is 1. The zero-order valence-corrected chi connectivity index (χ0v) is 10.9. The molecular formula is C12H14N4OS. The summed E-state index contributed by atoms with van der Waals surface area (Å²) in [5.74, 6) is -0.0764. The second-order valence-corrected chi connectivity index (χ2v) is 4.56. The average molecular weight is 262 g/mol. The van der Waals surface area contributed by atoms with Crippen LogP contribution >= 0.6 is 12.2 Å². The third-order valence-corrected chi connectivity index (χ3v) is 2.90. The Labute approximate surface area is 110 Å². The van der Waals surface area contributed by atoms with Crippen LogP contribution in [0.15, 0.2) is 30.6 Å². The maximum atomic E-state index is 12.2. The van der Waals surface area contributed by atoms with E-state index < -0.39 is 0 Å². The molecule has 2 rings (SSSR count). The van der Waals surface area contributed by atoms with Gasteiger partial charge >= 0.3 is 0 Å². The lowest BCUT2D eigenvalue weighted by Gasteiger charge is -2.15. The van der Waals surface area contributed by atoms with Crippen molar-refractivity contribution in [1.82, 2.24) is 14.5 Å². The number of nitrogens with zero attached hydrogens (tertiary/aromatic N) is 3. The number of rotatable bonds is 4. The first-order valence-electron chi connectivity index (χ1n) is 5.55. The molecule has 6 heteroatoms. The summed E-state index contributed by atoms with van der Waals surface area (Å²) in [6, 6.07) is 5.61. The van der Waals surface area contributed by atoms with Crippen LogP contribution in [0.5, 0.6) is 0 Å². The van der Waals surface area contributed by atoms with Crippen LogP contribution < -0.4 is 5.73 Å².